The van der Waals surface area contributed by atoms with Gasteiger partial charge in [0.1, 0.15) is 0 Å². The van der Waals surface area contributed by atoms with Gasteiger partial charge >= 0.3 is 0 Å². The molecular formula is C18H16N2O3. The molecule has 1 N–H and O–H groups in total. The van der Waals surface area contributed by atoms with Gasteiger partial charge in [-0.15, -0.1) is 0 Å². The average Bonchev–Trinajstić information content (AvgIpc) is 2.55. The van der Waals surface area contributed by atoms with Crippen LogP contribution >= 0.6 is 0 Å². The number of aromatic nitrogens is 2. The molecule has 1 aromatic heterocycles. The molecule has 0 aliphatic heterocycles. The predicted molar refractivity (Wildman–Crippen MR) is 87.8 cm³/mol. The van der Waals surface area contributed by atoms with E-state index < -0.39 is 17.0 Å². The molecule has 0 bridgehead atoms. The van der Waals surface area contributed by atoms with E-state index in [1.165, 1.54) is 23.2 Å². The third-order valence-corrected chi connectivity index (χ3v) is 3.72. The van der Waals surface area contributed by atoms with Crippen LogP contribution in [-0.2, 0) is 13.0 Å². The Balaban J connectivity index is 1.84. The van der Waals surface area contributed by atoms with Crippen LogP contribution in [0.15, 0.2) is 53.5 Å². The number of aryl methyl sites for hydroxylation is 2. The maximum atomic E-state index is 11.6. The van der Waals surface area contributed by atoms with Crippen LogP contribution in [0, 0.1) is 0 Å². The first-order chi connectivity index (χ1) is 11.0. The number of fused-ring (bicyclic) bond motifs is 1. The summed E-state index contributed by atoms with van der Waals surface area (Å²) in [5.41, 5.74) is 0.163. The summed E-state index contributed by atoms with van der Waals surface area (Å²) in [7, 11) is 0. The Kier molecular flexibility index (Phi) is 3.93. The highest BCUT2D eigenvalue weighted by Crippen LogP contribution is 2.16. The molecule has 2 aromatic carbocycles. The molecule has 0 unspecified atom stereocenters. The van der Waals surface area contributed by atoms with Crippen molar-refractivity contribution >= 4 is 16.6 Å². The van der Waals surface area contributed by atoms with Crippen molar-refractivity contribution in [3.05, 3.63) is 70.1 Å². The van der Waals surface area contributed by atoms with E-state index >= 15 is 0 Å². The summed E-state index contributed by atoms with van der Waals surface area (Å²) in [6, 6.07) is 14.3. The van der Waals surface area contributed by atoms with Crippen molar-refractivity contribution in [1.29, 1.82) is 0 Å². The quantitative estimate of drug-likeness (QED) is 0.752. The Morgan fingerprint density at radius 3 is 2.65 bits per heavy atom. The van der Waals surface area contributed by atoms with Crippen LogP contribution in [-0.4, -0.2) is 20.7 Å². The van der Waals surface area contributed by atoms with Gasteiger partial charge in [-0.05, 0) is 22.8 Å². The third-order valence-electron chi connectivity index (χ3n) is 3.72. The van der Waals surface area contributed by atoms with Crippen molar-refractivity contribution in [2.75, 3.05) is 0 Å². The zero-order valence-corrected chi connectivity index (χ0v) is 12.7. The van der Waals surface area contributed by atoms with E-state index in [4.69, 9.17) is 0 Å². The molecule has 0 fully saturated rings. The van der Waals surface area contributed by atoms with E-state index in [2.05, 4.69) is 29.4 Å². The summed E-state index contributed by atoms with van der Waals surface area (Å²) in [5, 5.41) is 16.0. The lowest BCUT2D eigenvalue weighted by molar-refractivity contribution is 0.100. The Bertz CT molecular complexity index is 944. The molecule has 0 aliphatic carbocycles. The maximum Gasteiger partial charge on any atom is 0.252 e. The zero-order chi connectivity index (χ0) is 16.4. The molecule has 0 saturated heterocycles. The minimum Gasteiger partial charge on any atom is -0.503 e. The standard InChI is InChI=1S/C18H16N2O3/c1-12(21)17-18(23)16(22)11-20(19-17)9-8-13-6-7-14-4-2-3-5-15(14)10-13/h2-7,10-11,22H,8-9H2,1H3. The van der Waals surface area contributed by atoms with E-state index in [-0.39, 0.29) is 5.69 Å². The molecule has 0 radical (unpaired) electrons. The second-order valence-electron chi connectivity index (χ2n) is 5.44. The summed E-state index contributed by atoms with van der Waals surface area (Å²) in [6.07, 6.45) is 1.94. The number of hydrogen-bond acceptors (Lipinski definition) is 4. The van der Waals surface area contributed by atoms with Gasteiger partial charge in [-0.2, -0.15) is 5.10 Å². The van der Waals surface area contributed by atoms with E-state index in [0.29, 0.717) is 13.0 Å². The normalized spacial score (nSPS) is 10.8. The van der Waals surface area contributed by atoms with Crippen LogP contribution < -0.4 is 5.43 Å². The fourth-order valence-corrected chi connectivity index (χ4v) is 2.51. The van der Waals surface area contributed by atoms with Gasteiger partial charge < -0.3 is 5.11 Å². The SMILES string of the molecule is CC(=O)c1nn(CCc2ccc3ccccc3c2)cc(O)c1=O. The molecule has 0 atom stereocenters. The summed E-state index contributed by atoms with van der Waals surface area (Å²) >= 11 is 0. The first-order valence-electron chi connectivity index (χ1n) is 7.34. The number of hydrogen-bond donors (Lipinski definition) is 1. The summed E-state index contributed by atoms with van der Waals surface area (Å²) < 4.78 is 1.43. The smallest absolute Gasteiger partial charge is 0.252 e. The molecule has 1 heterocycles. The van der Waals surface area contributed by atoms with Crippen molar-refractivity contribution < 1.29 is 9.90 Å². The number of aromatic hydroxyl groups is 1. The van der Waals surface area contributed by atoms with E-state index in [1.54, 1.807) is 0 Å². The molecule has 0 amide bonds. The average molecular weight is 308 g/mol. The minimum absolute atomic E-state index is 0.233. The fraction of sp³-hybridized carbons (Fsp3) is 0.167. The highest BCUT2D eigenvalue weighted by molar-refractivity contribution is 5.92. The van der Waals surface area contributed by atoms with Gasteiger partial charge in [-0.25, -0.2) is 0 Å². The number of carbonyl (C=O) groups is 1. The number of Topliss-reactive ketones (excluding diaryl/α,β-unsaturated/α-hetero) is 1. The summed E-state index contributed by atoms with van der Waals surface area (Å²) in [6.45, 7) is 1.73. The lowest BCUT2D eigenvalue weighted by Crippen LogP contribution is -2.21. The summed E-state index contributed by atoms with van der Waals surface area (Å²) in [5.74, 6) is -0.908. The van der Waals surface area contributed by atoms with Crippen LogP contribution in [0.3, 0.4) is 0 Å². The third kappa shape index (κ3) is 3.13. The molecular weight excluding hydrogens is 292 g/mol. The second-order valence-corrected chi connectivity index (χ2v) is 5.44. The van der Waals surface area contributed by atoms with Crippen molar-refractivity contribution in [3.63, 3.8) is 0 Å². The largest absolute Gasteiger partial charge is 0.503 e. The van der Waals surface area contributed by atoms with Crippen molar-refractivity contribution in [1.82, 2.24) is 9.78 Å². The van der Waals surface area contributed by atoms with Crippen LogP contribution in [0.25, 0.3) is 10.8 Å². The molecule has 3 rings (SSSR count). The van der Waals surface area contributed by atoms with Gasteiger partial charge in [0, 0.05) is 13.5 Å². The Morgan fingerprint density at radius 1 is 1.17 bits per heavy atom. The molecule has 116 valence electrons. The van der Waals surface area contributed by atoms with Gasteiger partial charge in [0.15, 0.2) is 17.2 Å². The van der Waals surface area contributed by atoms with Gasteiger partial charge in [0.05, 0.1) is 6.20 Å². The minimum atomic E-state index is -0.723. The molecule has 5 heteroatoms. The van der Waals surface area contributed by atoms with Gasteiger partial charge in [-0.3, -0.25) is 14.3 Å². The Morgan fingerprint density at radius 2 is 1.91 bits per heavy atom. The number of carbonyl (C=O) groups excluding carboxylic acids is 1. The Hall–Kier alpha value is -2.95. The monoisotopic (exact) mass is 308 g/mol. The van der Waals surface area contributed by atoms with Crippen LogP contribution in [0.2, 0.25) is 0 Å². The molecule has 23 heavy (non-hydrogen) atoms. The number of nitrogens with zero attached hydrogens (tertiary/aromatic N) is 2. The summed E-state index contributed by atoms with van der Waals surface area (Å²) in [4.78, 5) is 23.0. The van der Waals surface area contributed by atoms with Gasteiger partial charge in [0.25, 0.3) is 5.43 Å². The molecule has 3 aromatic rings. The lowest BCUT2D eigenvalue weighted by Gasteiger charge is -2.08. The fourth-order valence-electron chi connectivity index (χ4n) is 2.51. The van der Waals surface area contributed by atoms with Gasteiger partial charge in [0.2, 0.25) is 0 Å². The number of benzene rings is 2. The van der Waals surface area contributed by atoms with Gasteiger partial charge in [-0.1, -0.05) is 42.5 Å². The van der Waals surface area contributed by atoms with E-state index in [9.17, 15) is 14.7 Å². The molecule has 0 saturated carbocycles. The molecule has 0 aliphatic rings. The topological polar surface area (TPSA) is 72.2 Å². The van der Waals surface area contributed by atoms with Crippen LogP contribution in [0.4, 0.5) is 0 Å². The number of ketones is 1. The van der Waals surface area contributed by atoms with Crippen molar-refractivity contribution in [2.24, 2.45) is 0 Å². The highest BCUT2D eigenvalue weighted by Gasteiger charge is 2.12. The first kappa shape index (κ1) is 15.0. The second kappa shape index (κ2) is 6.04. The van der Waals surface area contributed by atoms with Crippen molar-refractivity contribution in [2.45, 2.75) is 19.9 Å². The van der Waals surface area contributed by atoms with E-state index in [0.717, 1.165) is 10.9 Å². The maximum absolute atomic E-state index is 11.6. The first-order valence-corrected chi connectivity index (χ1v) is 7.34. The lowest BCUT2D eigenvalue weighted by atomic mass is 10.1. The van der Waals surface area contributed by atoms with Crippen LogP contribution in [0.1, 0.15) is 23.0 Å². The molecule has 5 nitrogen and oxygen atoms in total. The number of rotatable bonds is 4. The Labute approximate surface area is 132 Å². The predicted octanol–water partition coefficient (Wildman–Crippen LogP) is 2.55. The zero-order valence-electron chi connectivity index (χ0n) is 12.7. The molecule has 0 spiro atoms. The van der Waals surface area contributed by atoms with Crippen molar-refractivity contribution in [3.8, 4) is 5.75 Å². The highest BCUT2D eigenvalue weighted by atomic mass is 16.3. The van der Waals surface area contributed by atoms with E-state index in [1.807, 2.05) is 18.2 Å². The van der Waals surface area contributed by atoms with Crippen LogP contribution in [0.5, 0.6) is 5.75 Å².